The summed E-state index contributed by atoms with van der Waals surface area (Å²) in [5.74, 6) is 0.465. The molecule has 3 aromatic carbocycles. The summed E-state index contributed by atoms with van der Waals surface area (Å²) in [5, 5.41) is 18.6. The van der Waals surface area contributed by atoms with Crippen LogP contribution < -0.4 is 14.9 Å². The highest BCUT2D eigenvalue weighted by molar-refractivity contribution is 7.07. The first-order valence-corrected chi connectivity index (χ1v) is 11.9. The number of carbonyl (C=O) groups is 1. The summed E-state index contributed by atoms with van der Waals surface area (Å²) in [4.78, 5) is 17.4. The third kappa shape index (κ3) is 5.21. The van der Waals surface area contributed by atoms with Crippen LogP contribution in [0.1, 0.15) is 16.7 Å². The Kier molecular flexibility index (Phi) is 6.50. The van der Waals surface area contributed by atoms with Crippen LogP contribution in [0.3, 0.4) is 0 Å². The average molecular weight is 480 g/mol. The third-order valence-corrected chi connectivity index (χ3v) is 6.30. The van der Waals surface area contributed by atoms with Gasteiger partial charge in [-0.3, -0.25) is 9.79 Å². The second-order valence-corrected chi connectivity index (χ2v) is 8.70. The molecule has 1 N–H and O–H groups in total. The van der Waals surface area contributed by atoms with Crippen LogP contribution >= 0.6 is 11.3 Å². The molecule has 5 rings (SSSR count). The fourth-order valence-corrected chi connectivity index (χ4v) is 4.52. The second-order valence-electron chi connectivity index (χ2n) is 7.86. The van der Waals surface area contributed by atoms with Gasteiger partial charge in [0.15, 0.2) is 6.61 Å². The molecule has 0 aliphatic carbocycles. The number of carbonyl (C=O) groups excluding carboxylic acids is 1. The first-order valence-electron chi connectivity index (χ1n) is 11.1. The molecule has 1 amide bonds. The Morgan fingerprint density at radius 2 is 1.94 bits per heavy atom. The Hall–Kier alpha value is -4.48. The average Bonchev–Trinajstić information content (AvgIpc) is 3.30. The molecule has 2 heterocycles. The Labute approximate surface area is 206 Å². The summed E-state index contributed by atoms with van der Waals surface area (Å²) in [5.41, 5.74) is 5.06. The fourth-order valence-electron chi connectivity index (χ4n) is 3.65. The lowest BCUT2D eigenvalue weighted by atomic mass is 10.1. The molecule has 0 spiro atoms. The largest absolute Gasteiger partial charge is 0.482 e. The Morgan fingerprint density at radius 1 is 1.11 bits per heavy atom. The minimum Gasteiger partial charge on any atom is -0.482 e. The van der Waals surface area contributed by atoms with Gasteiger partial charge >= 0.3 is 0 Å². The van der Waals surface area contributed by atoms with Gasteiger partial charge in [-0.1, -0.05) is 42.5 Å². The van der Waals surface area contributed by atoms with Crippen LogP contribution in [-0.4, -0.2) is 29.9 Å². The maximum Gasteiger partial charge on any atom is 0.262 e. The predicted octanol–water partition coefficient (Wildman–Crippen LogP) is 4.44. The fraction of sp³-hybridized carbons (Fsp3) is 0.111. The SMILES string of the molecule is N#Cc1ccc(C=Nn2c(-c3ccc4c(c3)NC(=O)CO4)csc2=NCCc2ccccc2)cc1. The minimum absolute atomic E-state index is 0.0180. The molecule has 35 heavy (non-hydrogen) atoms. The van der Waals surface area contributed by atoms with Crippen LogP contribution in [-0.2, 0) is 11.2 Å². The summed E-state index contributed by atoms with van der Waals surface area (Å²) in [6.45, 7) is 0.647. The van der Waals surface area contributed by atoms with Gasteiger partial charge in [-0.05, 0) is 47.9 Å². The summed E-state index contributed by atoms with van der Waals surface area (Å²) < 4.78 is 7.30. The predicted molar refractivity (Wildman–Crippen MR) is 137 cm³/mol. The van der Waals surface area contributed by atoms with Gasteiger partial charge in [0.25, 0.3) is 5.91 Å². The monoisotopic (exact) mass is 479 g/mol. The number of hydrogen-bond acceptors (Lipinski definition) is 6. The Balaban J connectivity index is 1.50. The van der Waals surface area contributed by atoms with E-state index in [4.69, 9.17) is 20.1 Å². The number of nitrogens with zero attached hydrogens (tertiary/aromatic N) is 4. The quantitative estimate of drug-likeness (QED) is 0.414. The van der Waals surface area contributed by atoms with Gasteiger partial charge in [-0.25, -0.2) is 4.68 Å². The lowest BCUT2D eigenvalue weighted by molar-refractivity contribution is -0.118. The number of nitrogens with one attached hydrogen (secondary N) is 1. The lowest BCUT2D eigenvalue weighted by Crippen LogP contribution is -2.25. The molecule has 172 valence electrons. The summed E-state index contributed by atoms with van der Waals surface area (Å²) >= 11 is 1.51. The maximum absolute atomic E-state index is 11.8. The number of anilines is 1. The summed E-state index contributed by atoms with van der Waals surface area (Å²) in [7, 11) is 0. The number of benzene rings is 3. The standard InChI is InChI=1S/C27H21N5O2S/c28-15-20-6-8-21(9-7-20)16-30-32-24(22-10-11-25-23(14-22)31-26(33)17-34-25)18-35-27(32)29-13-12-19-4-2-1-3-5-19/h1-11,14,16,18H,12-13,17H2,(H,31,33). The van der Waals surface area contributed by atoms with Crippen molar-refractivity contribution in [2.75, 3.05) is 18.5 Å². The molecule has 1 aliphatic rings. The van der Waals surface area contributed by atoms with E-state index in [1.54, 1.807) is 23.0 Å². The van der Waals surface area contributed by atoms with E-state index in [1.807, 2.05) is 53.9 Å². The van der Waals surface area contributed by atoms with Crippen molar-refractivity contribution in [2.24, 2.45) is 10.1 Å². The molecule has 8 heteroatoms. The highest BCUT2D eigenvalue weighted by Crippen LogP contribution is 2.32. The van der Waals surface area contributed by atoms with E-state index in [9.17, 15) is 4.79 Å². The molecule has 0 unspecified atom stereocenters. The van der Waals surface area contributed by atoms with Crippen LogP contribution in [0.15, 0.2) is 88.3 Å². The van der Waals surface area contributed by atoms with E-state index < -0.39 is 0 Å². The van der Waals surface area contributed by atoms with Crippen LogP contribution in [0.2, 0.25) is 0 Å². The number of ether oxygens (including phenoxy) is 1. The Morgan fingerprint density at radius 3 is 2.74 bits per heavy atom. The van der Waals surface area contributed by atoms with Crippen LogP contribution in [0, 0.1) is 11.3 Å². The molecule has 0 saturated carbocycles. The number of rotatable bonds is 6. The zero-order chi connectivity index (χ0) is 24.0. The van der Waals surface area contributed by atoms with Crippen molar-refractivity contribution in [1.29, 1.82) is 5.26 Å². The van der Waals surface area contributed by atoms with Crippen molar-refractivity contribution in [1.82, 2.24) is 4.68 Å². The van der Waals surface area contributed by atoms with Gasteiger partial charge in [0.2, 0.25) is 4.80 Å². The van der Waals surface area contributed by atoms with Crippen molar-refractivity contribution in [3.05, 3.63) is 99.7 Å². The molecule has 0 saturated heterocycles. The first-order chi connectivity index (χ1) is 17.2. The number of thiazole rings is 1. The number of aromatic nitrogens is 1. The molecule has 0 atom stereocenters. The van der Waals surface area contributed by atoms with E-state index >= 15 is 0 Å². The molecule has 1 aliphatic heterocycles. The number of nitriles is 1. The van der Waals surface area contributed by atoms with E-state index in [0.29, 0.717) is 23.5 Å². The smallest absolute Gasteiger partial charge is 0.262 e. The van der Waals surface area contributed by atoms with Crippen LogP contribution in [0.4, 0.5) is 5.69 Å². The van der Waals surface area contributed by atoms with Crippen molar-refractivity contribution in [2.45, 2.75) is 6.42 Å². The van der Waals surface area contributed by atoms with E-state index in [2.05, 4.69) is 23.5 Å². The lowest BCUT2D eigenvalue weighted by Gasteiger charge is -2.18. The van der Waals surface area contributed by atoms with Crippen molar-refractivity contribution in [3.63, 3.8) is 0 Å². The summed E-state index contributed by atoms with van der Waals surface area (Å²) in [6, 6.07) is 25.3. The first kappa shape index (κ1) is 22.3. The Bertz CT molecular complexity index is 1500. The molecular weight excluding hydrogens is 458 g/mol. The van der Waals surface area contributed by atoms with Gasteiger partial charge in [-0.15, -0.1) is 11.3 Å². The zero-order valence-electron chi connectivity index (χ0n) is 18.7. The van der Waals surface area contributed by atoms with E-state index in [0.717, 1.165) is 28.0 Å². The minimum atomic E-state index is -0.178. The molecule has 0 fully saturated rings. The molecule has 0 radical (unpaired) electrons. The summed E-state index contributed by atoms with van der Waals surface area (Å²) in [6.07, 6.45) is 2.58. The number of amides is 1. The van der Waals surface area contributed by atoms with Crippen LogP contribution in [0.5, 0.6) is 5.75 Å². The highest BCUT2D eigenvalue weighted by atomic mass is 32.1. The van der Waals surface area contributed by atoms with Crippen molar-refractivity contribution < 1.29 is 9.53 Å². The number of fused-ring (bicyclic) bond motifs is 1. The van der Waals surface area contributed by atoms with Gasteiger partial charge in [0.05, 0.1) is 29.2 Å². The molecule has 4 aromatic rings. The van der Waals surface area contributed by atoms with E-state index in [-0.39, 0.29) is 12.5 Å². The van der Waals surface area contributed by atoms with Crippen molar-refractivity contribution in [3.8, 4) is 23.1 Å². The molecular formula is C27H21N5O2S. The normalized spacial score (nSPS) is 13.2. The molecule has 1 aromatic heterocycles. The maximum atomic E-state index is 11.8. The van der Waals surface area contributed by atoms with Gasteiger partial charge in [0.1, 0.15) is 5.75 Å². The topological polar surface area (TPSA) is 91.8 Å². The van der Waals surface area contributed by atoms with Gasteiger partial charge in [0, 0.05) is 17.5 Å². The highest BCUT2D eigenvalue weighted by Gasteiger charge is 2.17. The van der Waals surface area contributed by atoms with Crippen molar-refractivity contribution >= 4 is 29.1 Å². The second kappa shape index (κ2) is 10.2. The zero-order valence-corrected chi connectivity index (χ0v) is 19.5. The van der Waals surface area contributed by atoms with Gasteiger partial charge in [-0.2, -0.15) is 10.4 Å². The van der Waals surface area contributed by atoms with Crippen LogP contribution in [0.25, 0.3) is 11.3 Å². The number of hydrogen-bond donors (Lipinski definition) is 1. The van der Waals surface area contributed by atoms with E-state index in [1.165, 1.54) is 16.9 Å². The third-order valence-electron chi connectivity index (χ3n) is 5.45. The van der Waals surface area contributed by atoms with Gasteiger partial charge < -0.3 is 10.1 Å². The molecule has 0 bridgehead atoms. The molecule has 7 nitrogen and oxygen atoms in total.